The van der Waals surface area contributed by atoms with Crippen LogP contribution in [-0.4, -0.2) is 31.6 Å². The van der Waals surface area contributed by atoms with Crippen LogP contribution in [0.3, 0.4) is 0 Å². The Bertz CT molecular complexity index is 1350. The molecule has 8 heteroatoms. The molecule has 8 nitrogen and oxygen atoms in total. The zero-order valence-corrected chi connectivity index (χ0v) is 20.3. The molecule has 0 aromatic heterocycles. The molecule has 0 fully saturated rings. The van der Waals surface area contributed by atoms with Gasteiger partial charge in [0.2, 0.25) is 0 Å². The number of hydrogen-bond donors (Lipinski definition) is 3. The molecular formula is C28H27N3O5. The molecule has 184 valence electrons. The number of methoxy groups -OCH3 is 1. The second-order valence-electron chi connectivity index (χ2n) is 8.45. The van der Waals surface area contributed by atoms with E-state index in [1.807, 2.05) is 30.3 Å². The first-order valence-electron chi connectivity index (χ1n) is 11.4. The average Bonchev–Trinajstić information content (AvgIpc) is 3.22. The smallest absolute Gasteiger partial charge is 0.337 e. The summed E-state index contributed by atoms with van der Waals surface area (Å²) in [5.41, 5.74) is 9.58. The summed E-state index contributed by atoms with van der Waals surface area (Å²) >= 11 is 0. The molecule has 0 radical (unpaired) electrons. The Morgan fingerprint density at radius 2 is 1.69 bits per heavy atom. The van der Waals surface area contributed by atoms with Crippen LogP contribution < -0.4 is 16.4 Å². The molecule has 0 spiro atoms. The van der Waals surface area contributed by atoms with Gasteiger partial charge in [-0.05, 0) is 49.2 Å². The van der Waals surface area contributed by atoms with Gasteiger partial charge in [-0.3, -0.25) is 4.79 Å². The summed E-state index contributed by atoms with van der Waals surface area (Å²) in [6, 6.07) is 21.5. The van der Waals surface area contributed by atoms with E-state index in [-0.39, 0.29) is 12.5 Å². The normalized spacial score (nSPS) is 15.3. The van der Waals surface area contributed by atoms with Crippen LogP contribution in [0, 0.1) is 0 Å². The maximum atomic E-state index is 13.1. The second-order valence-corrected chi connectivity index (χ2v) is 8.45. The lowest BCUT2D eigenvalue weighted by Crippen LogP contribution is -2.43. The van der Waals surface area contributed by atoms with Gasteiger partial charge in [-0.15, -0.1) is 0 Å². The molecule has 1 unspecified atom stereocenters. The van der Waals surface area contributed by atoms with E-state index in [9.17, 15) is 14.4 Å². The lowest BCUT2D eigenvalue weighted by atomic mass is 9.93. The van der Waals surface area contributed by atoms with Gasteiger partial charge in [-0.25, -0.2) is 9.59 Å². The van der Waals surface area contributed by atoms with Crippen molar-refractivity contribution in [2.75, 3.05) is 24.4 Å². The van der Waals surface area contributed by atoms with Crippen molar-refractivity contribution in [1.29, 1.82) is 0 Å². The van der Waals surface area contributed by atoms with Gasteiger partial charge in [0, 0.05) is 11.3 Å². The van der Waals surface area contributed by atoms with E-state index in [2.05, 4.69) is 10.6 Å². The van der Waals surface area contributed by atoms with E-state index in [1.165, 1.54) is 7.11 Å². The van der Waals surface area contributed by atoms with E-state index in [0.717, 1.165) is 5.56 Å². The minimum absolute atomic E-state index is 0.240. The highest BCUT2D eigenvalue weighted by molar-refractivity contribution is 6.37. The van der Waals surface area contributed by atoms with Crippen LogP contribution >= 0.6 is 0 Å². The molecule has 3 aromatic rings. The molecule has 0 aliphatic carbocycles. The van der Waals surface area contributed by atoms with E-state index >= 15 is 0 Å². The lowest BCUT2D eigenvalue weighted by Gasteiger charge is -2.23. The Labute approximate surface area is 209 Å². The van der Waals surface area contributed by atoms with Crippen LogP contribution in [0.25, 0.3) is 11.3 Å². The molecule has 4 N–H and O–H groups in total. The third-order valence-electron chi connectivity index (χ3n) is 5.95. The van der Waals surface area contributed by atoms with Crippen molar-refractivity contribution >= 4 is 40.5 Å². The number of nitrogens with one attached hydrogen (secondary N) is 2. The third-order valence-corrected chi connectivity index (χ3v) is 5.95. The van der Waals surface area contributed by atoms with Gasteiger partial charge < -0.3 is 25.8 Å². The van der Waals surface area contributed by atoms with Gasteiger partial charge in [0.1, 0.15) is 5.54 Å². The van der Waals surface area contributed by atoms with Crippen molar-refractivity contribution in [3.63, 3.8) is 0 Å². The topological polar surface area (TPSA) is 120 Å². The number of ether oxygens (including phenoxy) is 2. The van der Waals surface area contributed by atoms with Crippen molar-refractivity contribution in [3.05, 3.63) is 95.1 Å². The van der Waals surface area contributed by atoms with E-state index < -0.39 is 17.5 Å². The van der Waals surface area contributed by atoms with Gasteiger partial charge >= 0.3 is 11.9 Å². The Hall–Kier alpha value is -4.43. The number of fused-ring (bicyclic) bond motifs is 1. The third kappa shape index (κ3) is 4.71. The van der Waals surface area contributed by atoms with Gasteiger partial charge in [0.05, 0.1) is 36.2 Å². The maximum Gasteiger partial charge on any atom is 0.337 e. The molecule has 36 heavy (non-hydrogen) atoms. The molecule has 4 rings (SSSR count). The number of anilines is 2. The Balaban J connectivity index is 1.75. The van der Waals surface area contributed by atoms with E-state index in [1.54, 1.807) is 56.3 Å². The molecule has 1 amide bonds. The van der Waals surface area contributed by atoms with Crippen LogP contribution in [0.5, 0.6) is 0 Å². The number of esters is 2. The largest absolute Gasteiger partial charge is 0.465 e. The summed E-state index contributed by atoms with van der Waals surface area (Å²) in [5.74, 6) is -1.30. The van der Waals surface area contributed by atoms with Gasteiger partial charge in [0.15, 0.2) is 0 Å². The fourth-order valence-corrected chi connectivity index (χ4v) is 3.99. The second kappa shape index (κ2) is 10.1. The highest BCUT2D eigenvalue weighted by atomic mass is 16.5. The predicted molar refractivity (Wildman–Crippen MR) is 138 cm³/mol. The summed E-state index contributed by atoms with van der Waals surface area (Å²) < 4.78 is 9.89. The van der Waals surface area contributed by atoms with Crippen LogP contribution in [0.2, 0.25) is 0 Å². The zero-order valence-electron chi connectivity index (χ0n) is 20.3. The highest BCUT2D eigenvalue weighted by Crippen LogP contribution is 2.38. The van der Waals surface area contributed by atoms with Crippen LogP contribution in [0.1, 0.15) is 40.9 Å². The lowest BCUT2D eigenvalue weighted by molar-refractivity contribution is -0.149. The Kier molecular flexibility index (Phi) is 6.89. The molecule has 1 atom stereocenters. The van der Waals surface area contributed by atoms with Crippen molar-refractivity contribution in [3.8, 4) is 0 Å². The molecule has 0 bridgehead atoms. The minimum atomic E-state index is -1.29. The quantitative estimate of drug-likeness (QED) is 0.340. The zero-order chi connectivity index (χ0) is 25.9. The van der Waals surface area contributed by atoms with Crippen molar-refractivity contribution in [1.82, 2.24) is 0 Å². The average molecular weight is 486 g/mol. The van der Waals surface area contributed by atoms with Gasteiger partial charge in [-0.1, -0.05) is 48.5 Å². The standard InChI is InChI=1S/C28H27N3O5/c1-4-36-27(34)28(2,29)19-11-13-20(14-12-19)30-24(17-8-6-5-7-9-17)23-21-15-10-18(26(33)35-3)16-22(21)31-25(23)32/h5-16,30H,4,29H2,1-3H3,(H,31,32)/b24-23-. The molecule has 0 saturated heterocycles. The molecule has 1 aliphatic heterocycles. The predicted octanol–water partition coefficient (Wildman–Crippen LogP) is 4.14. The SMILES string of the molecule is CCOC(=O)C(C)(N)c1ccc(N/C(=C2\C(=O)Nc3cc(C(=O)OC)ccc32)c2ccccc2)cc1. The van der Waals surface area contributed by atoms with Gasteiger partial charge in [0.25, 0.3) is 5.91 Å². The first kappa shape index (κ1) is 24.7. The Morgan fingerprint density at radius 1 is 1.00 bits per heavy atom. The summed E-state index contributed by atoms with van der Waals surface area (Å²) in [6.07, 6.45) is 0. The molecule has 0 saturated carbocycles. The fraction of sp³-hybridized carbons (Fsp3) is 0.179. The number of amides is 1. The first-order valence-corrected chi connectivity index (χ1v) is 11.4. The van der Waals surface area contributed by atoms with Gasteiger partial charge in [-0.2, -0.15) is 0 Å². The fourth-order valence-electron chi connectivity index (χ4n) is 3.99. The highest BCUT2D eigenvalue weighted by Gasteiger charge is 2.32. The van der Waals surface area contributed by atoms with E-state index in [0.29, 0.717) is 39.3 Å². The molecule has 3 aromatic carbocycles. The maximum absolute atomic E-state index is 13.1. The minimum Gasteiger partial charge on any atom is -0.465 e. The summed E-state index contributed by atoms with van der Waals surface area (Å²) in [4.78, 5) is 37.3. The molecule has 1 heterocycles. The Morgan fingerprint density at radius 3 is 2.33 bits per heavy atom. The number of rotatable bonds is 7. The van der Waals surface area contributed by atoms with Crippen LogP contribution in [-0.2, 0) is 24.6 Å². The van der Waals surface area contributed by atoms with Crippen molar-refractivity contribution in [2.45, 2.75) is 19.4 Å². The van der Waals surface area contributed by atoms with Crippen LogP contribution in [0.15, 0.2) is 72.8 Å². The van der Waals surface area contributed by atoms with Crippen LogP contribution in [0.4, 0.5) is 11.4 Å². The summed E-state index contributed by atoms with van der Waals surface area (Å²) in [6.45, 7) is 3.57. The number of carbonyl (C=O) groups is 3. The monoisotopic (exact) mass is 485 g/mol. The number of hydrogen-bond acceptors (Lipinski definition) is 7. The number of benzene rings is 3. The van der Waals surface area contributed by atoms with Crippen molar-refractivity contribution < 1.29 is 23.9 Å². The number of carbonyl (C=O) groups excluding carboxylic acids is 3. The molecule has 1 aliphatic rings. The number of nitrogens with two attached hydrogens (primary N) is 1. The van der Waals surface area contributed by atoms with Crippen molar-refractivity contribution in [2.24, 2.45) is 5.73 Å². The summed E-state index contributed by atoms with van der Waals surface area (Å²) in [5, 5.41) is 6.20. The molecular weight excluding hydrogens is 458 g/mol. The van der Waals surface area contributed by atoms with E-state index in [4.69, 9.17) is 15.2 Å². The first-order chi connectivity index (χ1) is 17.3. The summed E-state index contributed by atoms with van der Waals surface area (Å²) in [7, 11) is 1.31.